The Morgan fingerprint density at radius 1 is 1.50 bits per heavy atom. The molecule has 0 spiro atoms. The summed E-state index contributed by atoms with van der Waals surface area (Å²) in [6.07, 6.45) is 0. The topological polar surface area (TPSA) is 71.7 Å². The number of hydrogen-bond acceptors (Lipinski definition) is 5. The lowest BCUT2D eigenvalue weighted by atomic mass is 9.80. The molecule has 2 aromatic rings. The molecule has 16 heavy (non-hydrogen) atoms. The number of hydrogen-bond donors (Lipinski definition) is 2. The second kappa shape index (κ2) is 4.38. The number of methoxy groups -OCH3 is 1. The normalized spacial score (nSPS) is 10.9. The molecule has 0 amide bonds. The molecule has 1 heterocycles. The molecule has 7 heteroatoms. The number of fused-ring (bicyclic) bond motifs is 1. The molecule has 0 saturated heterocycles. The van der Waals surface area contributed by atoms with Crippen LogP contribution in [0.15, 0.2) is 23.0 Å². The average molecular weight is 239 g/mol. The van der Waals surface area contributed by atoms with Crippen molar-refractivity contribution in [1.29, 1.82) is 0 Å². The van der Waals surface area contributed by atoms with E-state index in [4.69, 9.17) is 14.8 Å². The Morgan fingerprint density at radius 2 is 2.25 bits per heavy atom. The fourth-order valence-corrected chi connectivity index (χ4v) is 2.42. The Balaban J connectivity index is 2.60. The lowest BCUT2D eigenvalue weighted by Gasteiger charge is -2.02. The van der Waals surface area contributed by atoms with Crippen LogP contribution in [0.4, 0.5) is 0 Å². The number of thiazole rings is 1. The monoisotopic (exact) mass is 239 g/mol. The van der Waals surface area contributed by atoms with Crippen LogP contribution in [0.25, 0.3) is 10.2 Å². The van der Waals surface area contributed by atoms with E-state index in [9.17, 15) is 4.79 Å². The fourth-order valence-electron chi connectivity index (χ4n) is 1.49. The van der Waals surface area contributed by atoms with E-state index in [0.29, 0.717) is 10.2 Å². The van der Waals surface area contributed by atoms with Gasteiger partial charge < -0.3 is 14.8 Å². The molecule has 2 N–H and O–H groups in total. The van der Waals surface area contributed by atoms with Gasteiger partial charge in [-0.3, -0.25) is 9.36 Å². The van der Waals surface area contributed by atoms with Crippen LogP contribution in [-0.4, -0.2) is 28.8 Å². The highest BCUT2D eigenvalue weighted by atomic mass is 32.1. The molecule has 0 radical (unpaired) electrons. The largest absolute Gasteiger partial charge is 0.488 e. The number of rotatable bonds is 3. The number of ether oxygens (including phenoxy) is 1. The molecule has 0 unspecified atom stereocenters. The van der Waals surface area contributed by atoms with Crippen LogP contribution >= 0.6 is 11.3 Å². The fraction of sp³-hybridized carbons (Fsp3) is 0.222. The van der Waals surface area contributed by atoms with Gasteiger partial charge in [0.2, 0.25) is 0 Å². The molecule has 0 atom stereocenters. The van der Waals surface area contributed by atoms with E-state index in [1.165, 1.54) is 11.7 Å². The summed E-state index contributed by atoms with van der Waals surface area (Å²) in [6.45, 7) is 0.194. The Morgan fingerprint density at radius 3 is 2.88 bits per heavy atom. The van der Waals surface area contributed by atoms with Gasteiger partial charge in [0.15, 0.2) is 0 Å². The second-order valence-corrected chi connectivity index (χ2v) is 4.31. The van der Waals surface area contributed by atoms with Gasteiger partial charge in [0.25, 0.3) is 0 Å². The first-order chi connectivity index (χ1) is 7.63. The Hall–Kier alpha value is -1.15. The molecule has 0 aliphatic carbocycles. The third kappa shape index (κ3) is 1.90. The highest BCUT2D eigenvalue weighted by Crippen LogP contribution is 2.15. The van der Waals surface area contributed by atoms with Gasteiger partial charge in [-0.25, -0.2) is 0 Å². The van der Waals surface area contributed by atoms with E-state index in [2.05, 4.69) is 0 Å². The predicted octanol–water partition coefficient (Wildman–Crippen LogP) is -0.653. The van der Waals surface area contributed by atoms with Crippen molar-refractivity contribution >= 4 is 34.1 Å². The molecule has 1 aromatic carbocycles. The first kappa shape index (κ1) is 11.3. The van der Waals surface area contributed by atoms with Crippen LogP contribution in [0.1, 0.15) is 0 Å². The summed E-state index contributed by atoms with van der Waals surface area (Å²) in [6, 6.07) is 4.85. The second-order valence-electron chi connectivity index (χ2n) is 3.31. The van der Waals surface area contributed by atoms with Gasteiger partial charge in [-0.1, -0.05) is 17.4 Å². The molecule has 0 saturated carbocycles. The summed E-state index contributed by atoms with van der Waals surface area (Å²) in [5, 5.41) is 18.0. The van der Waals surface area contributed by atoms with Crippen LogP contribution in [0.3, 0.4) is 0 Å². The van der Waals surface area contributed by atoms with Crippen molar-refractivity contribution in [3.05, 3.63) is 27.9 Å². The smallest absolute Gasteiger partial charge is 0.423 e. The Labute approximate surface area is 95.7 Å². The summed E-state index contributed by atoms with van der Waals surface area (Å²) in [7, 11) is -0.000564. The van der Waals surface area contributed by atoms with Crippen LogP contribution in [0, 0.1) is 0 Å². The van der Waals surface area contributed by atoms with E-state index in [1.54, 1.807) is 18.2 Å². The maximum atomic E-state index is 11.6. The standard InChI is InChI=1S/C9H10BNO4S/c1-15-5-11-7-3-2-6(10(13)14)4-8(7)16-9(11)12/h2-4,13-14H,5H2,1H3. The Bertz CT molecular complexity index is 562. The molecule has 1 aromatic heterocycles. The van der Waals surface area contributed by atoms with Gasteiger partial charge in [0.05, 0.1) is 10.2 Å². The summed E-state index contributed by atoms with van der Waals surface area (Å²) >= 11 is 1.06. The molecule has 0 fully saturated rings. The predicted molar refractivity (Wildman–Crippen MR) is 62.9 cm³/mol. The SMILES string of the molecule is COCn1c(=O)sc2cc(B(O)O)ccc21. The van der Waals surface area contributed by atoms with Gasteiger partial charge in [-0.05, 0) is 17.6 Å². The molecule has 0 bridgehead atoms. The third-order valence-electron chi connectivity index (χ3n) is 2.25. The van der Waals surface area contributed by atoms with Gasteiger partial charge in [0.1, 0.15) is 6.73 Å². The lowest BCUT2D eigenvalue weighted by molar-refractivity contribution is 0.133. The summed E-state index contributed by atoms with van der Waals surface area (Å²) < 4.78 is 7.13. The number of benzene rings is 1. The molecule has 0 aliphatic heterocycles. The van der Waals surface area contributed by atoms with Gasteiger partial charge >= 0.3 is 12.0 Å². The van der Waals surface area contributed by atoms with E-state index in [-0.39, 0.29) is 11.6 Å². The minimum Gasteiger partial charge on any atom is -0.423 e. The zero-order valence-electron chi connectivity index (χ0n) is 8.58. The van der Waals surface area contributed by atoms with Crippen molar-refractivity contribution in [2.75, 3.05) is 7.11 Å². The maximum Gasteiger partial charge on any atom is 0.488 e. The minimum absolute atomic E-state index is 0.124. The van der Waals surface area contributed by atoms with Crippen molar-refractivity contribution in [1.82, 2.24) is 4.57 Å². The van der Waals surface area contributed by atoms with Crippen molar-refractivity contribution in [3.8, 4) is 0 Å². The quantitative estimate of drug-likeness (QED) is 0.698. The molecule has 2 rings (SSSR count). The maximum absolute atomic E-state index is 11.6. The van der Waals surface area contributed by atoms with E-state index >= 15 is 0 Å². The van der Waals surface area contributed by atoms with Crippen molar-refractivity contribution in [3.63, 3.8) is 0 Å². The van der Waals surface area contributed by atoms with Crippen LogP contribution in [0.2, 0.25) is 0 Å². The van der Waals surface area contributed by atoms with Crippen LogP contribution in [-0.2, 0) is 11.5 Å². The van der Waals surface area contributed by atoms with Gasteiger partial charge in [-0.15, -0.1) is 0 Å². The highest BCUT2D eigenvalue weighted by Gasteiger charge is 2.14. The zero-order chi connectivity index (χ0) is 11.7. The molecule has 84 valence electrons. The average Bonchev–Trinajstić information content (AvgIpc) is 2.55. The van der Waals surface area contributed by atoms with Crippen molar-refractivity contribution in [2.45, 2.75) is 6.73 Å². The number of nitrogens with zero attached hydrogens (tertiary/aromatic N) is 1. The number of aromatic nitrogens is 1. The zero-order valence-corrected chi connectivity index (χ0v) is 9.40. The lowest BCUT2D eigenvalue weighted by Crippen LogP contribution is -2.29. The minimum atomic E-state index is -1.52. The molecule has 5 nitrogen and oxygen atoms in total. The van der Waals surface area contributed by atoms with Crippen molar-refractivity contribution in [2.24, 2.45) is 0 Å². The van der Waals surface area contributed by atoms with Gasteiger partial charge in [-0.2, -0.15) is 0 Å². The first-order valence-corrected chi connectivity index (χ1v) is 5.43. The third-order valence-corrected chi connectivity index (χ3v) is 3.19. The highest BCUT2D eigenvalue weighted by molar-refractivity contribution is 7.16. The van der Waals surface area contributed by atoms with E-state index in [0.717, 1.165) is 16.9 Å². The summed E-state index contributed by atoms with van der Waals surface area (Å²) in [5.41, 5.74) is 1.11. The Kier molecular flexibility index (Phi) is 3.11. The van der Waals surface area contributed by atoms with Crippen LogP contribution < -0.4 is 10.3 Å². The van der Waals surface area contributed by atoms with Gasteiger partial charge in [0, 0.05) is 7.11 Å². The molecule has 0 aliphatic rings. The van der Waals surface area contributed by atoms with E-state index in [1.807, 2.05) is 0 Å². The first-order valence-electron chi connectivity index (χ1n) is 4.62. The van der Waals surface area contributed by atoms with E-state index < -0.39 is 7.12 Å². The summed E-state index contributed by atoms with van der Waals surface area (Å²) in [4.78, 5) is 11.5. The summed E-state index contributed by atoms with van der Waals surface area (Å²) in [5.74, 6) is 0. The van der Waals surface area contributed by atoms with Crippen molar-refractivity contribution < 1.29 is 14.8 Å². The van der Waals surface area contributed by atoms with Crippen LogP contribution in [0.5, 0.6) is 0 Å². The molecular formula is C9H10BNO4S. The molecular weight excluding hydrogens is 229 g/mol.